The molecule has 0 saturated carbocycles. The first-order valence-corrected chi connectivity index (χ1v) is 18.1. The smallest absolute Gasteiger partial charge is 0.398 e. The molecule has 0 aliphatic carbocycles. The molecule has 0 aliphatic heterocycles. The summed E-state index contributed by atoms with van der Waals surface area (Å²) in [5, 5.41) is 0. The van der Waals surface area contributed by atoms with E-state index in [2.05, 4.69) is 16.5 Å². The van der Waals surface area contributed by atoms with Crippen LogP contribution in [0.25, 0.3) is 0 Å². The lowest BCUT2D eigenvalue weighted by Gasteiger charge is -2.28. The van der Waals surface area contributed by atoms with Gasteiger partial charge in [-0.15, -0.1) is 0 Å². The molecule has 0 aromatic carbocycles. The van der Waals surface area contributed by atoms with E-state index in [0.29, 0.717) is 31.5 Å². The van der Waals surface area contributed by atoms with Gasteiger partial charge in [0.1, 0.15) is 0 Å². The summed E-state index contributed by atoms with van der Waals surface area (Å²) in [6.45, 7) is 15.4. The summed E-state index contributed by atoms with van der Waals surface area (Å²) in [5.74, 6) is 1.35. The molecule has 11 heteroatoms. The van der Waals surface area contributed by atoms with E-state index in [-0.39, 0.29) is 0 Å². The lowest BCUT2D eigenvalue weighted by atomic mass is 10.2. The van der Waals surface area contributed by atoms with Gasteiger partial charge in [0.05, 0.1) is 11.7 Å². The SMILES string of the molecule is CCO[Si](CCCCCCN=C(C)N)(OCC)OCC.CO[Si](C)(CCCCCCN=C(C)N)OC. The minimum atomic E-state index is -2.43. The van der Waals surface area contributed by atoms with E-state index < -0.39 is 17.4 Å². The fraction of sp³-hybridized carbons (Fsp3) is 0.920. The fourth-order valence-electron chi connectivity index (χ4n) is 3.52. The lowest BCUT2D eigenvalue weighted by molar-refractivity contribution is 0.0706. The van der Waals surface area contributed by atoms with Crippen molar-refractivity contribution in [3.8, 4) is 0 Å². The number of nitrogens with two attached hydrogens (primary N) is 2. The molecule has 0 amide bonds. The van der Waals surface area contributed by atoms with Gasteiger partial charge in [0.25, 0.3) is 0 Å². The molecule has 0 bridgehead atoms. The fourth-order valence-corrected chi connectivity index (χ4v) is 7.67. The highest BCUT2D eigenvalue weighted by molar-refractivity contribution is 6.65. The van der Waals surface area contributed by atoms with E-state index in [9.17, 15) is 0 Å². The maximum atomic E-state index is 5.83. The summed E-state index contributed by atoms with van der Waals surface area (Å²) in [6.07, 6.45) is 9.19. The van der Waals surface area contributed by atoms with Crippen molar-refractivity contribution in [2.24, 2.45) is 21.5 Å². The van der Waals surface area contributed by atoms with Crippen molar-refractivity contribution < 1.29 is 22.1 Å². The van der Waals surface area contributed by atoms with Gasteiger partial charge in [-0.3, -0.25) is 9.98 Å². The second-order valence-electron chi connectivity index (χ2n) is 8.90. The summed E-state index contributed by atoms with van der Waals surface area (Å²) in [4.78, 5) is 8.35. The molecule has 0 fully saturated rings. The van der Waals surface area contributed by atoms with E-state index in [1.54, 1.807) is 14.2 Å². The monoisotopic (exact) mass is 550 g/mol. The van der Waals surface area contributed by atoms with Gasteiger partial charge in [-0.05, 0) is 66.5 Å². The van der Waals surface area contributed by atoms with Crippen molar-refractivity contribution in [3.63, 3.8) is 0 Å². The average Bonchev–Trinajstić information content (AvgIpc) is 2.83. The first-order chi connectivity index (χ1) is 17.1. The van der Waals surface area contributed by atoms with Crippen molar-refractivity contribution in [3.05, 3.63) is 0 Å². The third kappa shape index (κ3) is 22.4. The molecule has 9 nitrogen and oxygen atoms in total. The Hall–Kier alpha value is -0.826. The van der Waals surface area contributed by atoms with Gasteiger partial charge < -0.3 is 33.6 Å². The van der Waals surface area contributed by atoms with Gasteiger partial charge in [0.15, 0.2) is 0 Å². The van der Waals surface area contributed by atoms with E-state index >= 15 is 0 Å². The highest BCUT2D eigenvalue weighted by Crippen LogP contribution is 2.20. The van der Waals surface area contributed by atoms with Gasteiger partial charge in [-0.1, -0.05) is 32.1 Å². The second-order valence-corrected chi connectivity index (χ2v) is 15.2. The van der Waals surface area contributed by atoms with Gasteiger partial charge in [0.2, 0.25) is 0 Å². The molecule has 0 rings (SSSR count). The van der Waals surface area contributed by atoms with Crippen molar-refractivity contribution >= 4 is 29.0 Å². The number of nitrogens with zero attached hydrogens (tertiary/aromatic N) is 2. The summed E-state index contributed by atoms with van der Waals surface area (Å²) in [5.41, 5.74) is 10.9. The van der Waals surface area contributed by atoms with Gasteiger partial charge >= 0.3 is 17.4 Å². The molecular weight excluding hydrogens is 492 g/mol. The summed E-state index contributed by atoms with van der Waals surface area (Å²) < 4.78 is 28.3. The Kier molecular flexibility index (Phi) is 25.4. The van der Waals surface area contributed by atoms with Crippen LogP contribution in [0.2, 0.25) is 18.6 Å². The number of aliphatic imine (C=N–C) groups is 2. The molecule has 0 radical (unpaired) electrons. The van der Waals surface area contributed by atoms with Crippen LogP contribution in [0.5, 0.6) is 0 Å². The minimum absolute atomic E-state index is 0.650. The van der Waals surface area contributed by atoms with Gasteiger partial charge in [-0.2, -0.15) is 0 Å². The van der Waals surface area contributed by atoms with Crippen LogP contribution in [0.4, 0.5) is 0 Å². The second kappa shape index (κ2) is 24.5. The standard InChI is InChI=1S/C14H32N2O3Si.C11H26N2O2Si/c1-5-17-20(18-6-2,19-7-3)13-11-9-8-10-12-16-14(4)15;1-11(12)13-9-7-5-6-8-10-16(4,14-2)15-3/h5-13H2,1-4H3,(H2,15,16);5-10H2,1-4H3,(H2,12,13). The zero-order valence-electron chi connectivity index (χ0n) is 24.7. The maximum Gasteiger partial charge on any atom is 0.500 e. The number of rotatable bonds is 22. The largest absolute Gasteiger partial charge is 0.500 e. The van der Waals surface area contributed by atoms with E-state index in [1.165, 1.54) is 19.3 Å². The zero-order chi connectivity index (χ0) is 27.7. The molecule has 0 saturated heterocycles. The van der Waals surface area contributed by atoms with E-state index in [1.807, 2.05) is 34.6 Å². The Bertz CT molecular complexity index is 540. The molecule has 0 aromatic rings. The minimum Gasteiger partial charge on any atom is -0.398 e. The lowest BCUT2D eigenvalue weighted by Crippen LogP contribution is -2.45. The molecule has 0 unspecified atom stereocenters. The molecular formula is C25H58N4O5Si2. The zero-order valence-corrected chi connectivity index (χ0v) is 26.7. The third-order valence-electron chi connectivity index (χ3n) is 5.61. The quantitative estimate of drug-likeness (QED) is 0.0815. The predicted molar refractivity (Wildman–Crippen MR) is 157 cm³/mol. The Morgan fingerprint density at radius 3 is 1.31 bits per heavy atom. The van der Waals surface area contributed by atoms with Crippen molar-refractivity contribution in [1.82, 2.24) is 0 Å². The molecule has 0 atom stereocenters. The molecule has 0 aromatic heterocycles. The molecule has 0 heterocycles. The molecule has 0 aliphatic rings. The maximum absolute atomic E-state index is 5.83. The van der Waals surface area contributed by atoms with Crippen LogP contribution in [0.15, 0.2) is 9.98 Å². The first-order valence-electron chi connectivity index (χ1n) is 13.7. The van der Waals surface area contributed by atoms with Crippen LogP contribution in [-0.2, 0) is 22.1 Å². The average molecular weight is 551 g/mol. The number of unbranched alkanes of at least 4 members (excludes halogenated alkanes) is 6. The highest BCUT2D eigenvalue weighted by atomic mass is 28.4. The Morgan fingerprint density at radius 2 is 0.972 bits per heavy atom. The number of hydrogen-bond donors (Lipinski definition) is 2. The molecule has 0 spiro atoms. The van der Waals surface area contributed by atoms with Gasteiger partial charge in [-0.25, -0.2) is 0 Å². The van der Waals surface area contributed by atoms with Crippen LogP contribution in [0, 0.1) is 0 Å². The van der Waals surface area contributed by atoms with E-state index in [4.69, 9.17) is 33.6 Å². The number of hydrogen-bond acceptors (Lipinski definition) is 7. The Balaban J connectivity index is 0. The predicted octanol–water partition coefficient (Wildman–Crippen LogP) is 5.26. The van der Waals surface area contributed by atoms with Crippen LogP contribution in [0.1, 0.15) is 86.0 Å². The van der Waals surface area contributed by atoms with Gasteiger partial charge in [0, 0.05) is 53.2 Å². The van der Waals surface area contributed by atoms with Crippen molar-refractivity contribution in [2.75, 3.05) is 47.1 Å². The topological polar surface area (TPSA) is 123 Å². The third-order valence-corrected chi connectivity index (χ3v) is 11.7. The van der Waals surface area contributed by atoms with Crippen molar-refractivity contribution in [2.45, 2.75) is 105 Å². The van der Waals surface area contributed by atoms with Crippen LogP contribution >= 0.6 is 0 Å². The molecule has 36 heavy (non-hydrogen) atoms. The highest BCUT2D eigenvalue weighted by Gasteiger charge is 2.39. The molecule has 216 valence electrons. The summed E-state index contributed by atoms with van der Waals surface area (Å²) in [6, 6.07) is 1.97. The van der Waals surface area contributed by atoms with Crippen molar-refractivity contribution in [1.29, 1.82) is 0 Å². The normalized spacial score (nSPS) is 13.0. The van der Waals surface area contributed by atoms with E-state index in [0.717, 1.165) is 57.3 Å². The first kappa shape index (κ1) is 37.3. The Labute approximate surface area is 224 Å². The molecule has 4 N–H and O–H groups in total. The van der Waals surface area contributed by atoms with Crippen LogP contribution < -0.4 is 11.5 Å². The summed E-state index contributed by atoms with van der Waals surface area (Å²) >= 11 is 0. The Morgan fingerprint density at radius 1 is 0.611 bits per heavy atom. The number of amidine groups is 2. The summed E-state index contributed by atoms with van der Waals surface area (Å²) in [7, 11) is -0.772. The van der Waals surface area contributed by atoms with Crippen LogP contribution in [-0.4, -0.2) is 76.2 Å². The van der Waals surface area contributed by atoms with Crippen LogP contribution in [0.3, 0.4) is 0 Å².